The van der Waals surface area contributed by atoms with E-state index in [9.17, 15) is 27.2 Å². The number of pyridine rings is 1. The number of aromatic amines is 1. The van der Waals surface area contributed by atoms with E-state index in [-0.39, 0.29) is 11.1 Å². The molecule has 0 saturated heterocycles. The summed E-state index contributed by atoms with van der Waals surface area (Å²) in [6, 6.07) is 6.80. The van der Waals surface area contributed by atoms with E-state index in [0.717, 1.165) is 18.9 Å². The summed E-state index contributed by atoms with van der Waals surface area (Å²) < 4.78 is 54.8. The first-order valence-electron chi connectivity index (χ1n) is 10.1. The molecular formula is C23H16F4N4O2. The number of nitrogens with one attached hydrogen (secondary N) is 2. The number of alkyl halides is 3. The van der Waals surface area contributed by atoms with Gasteiger partial charge in [-0.15, -0.1) is 0 Å². The molecule has 0 radical (unpaired) electrons. The molecule has 0 atom stereocenters. The molecule has 2 aromatic carbocycles. The third-order valence-electron chi connectivity index (χ3n) is 5.48. The minimum absolute atomic E-state index is 0.204. The summed E-state index contributed by atoms with van der Waals surface area (Å²) in [6.07, 6.45) is 2.14. The van der Waals surface area contributed by atoms with Gasteiger partial charge in [-0.2, -0.15) is 18.3 Å². The van der Waals surface area contributed by atoms with Crippen molar-refractivity contribution >= 4 is 22.4 Å². The normalized spacial score (nSPS) is 13.9. The van der Waals surface area contributed by atoms with Crippen LogP contribution >= 0.6 is 0 Å². The van der Waals surface area contributed by atoms with Gasteiger partial charge in [0.15, 0.2) is 0 Å². The van der Waals surface area contributed by atoms with Gasteiger partial charge in [-0.25, -0.2) is 4.39 Å². The van der Waals surface area contributed by atoms with E-state index in [4.69, 9.17) is 0 Å². The Labute approximate surface area is 183 Å². The zero-order valence-electron chi connectivity index (χ0n) is 16.9. The number of benzene rings is 2. The second-order valence-electron chi connectivity index (χ2n) is 7.91. The van der Waals surface area contributed by atoms with Crippen molar-refractivity contribution in [3.05, 3.63) is 82.3 Å². The number of halogens is 4. The Morgan fingerprint density at radius 1 is 1.09 bits per heavy atom. The van der Waals surface area contributed by atoms with E-state index >= 15 is 0 Å². The quantitative estimate of drug-likeness (QED) is 0.418. The summed E-state index contributed by atoms with van der Waals surface area (Å²) in [6.45, 7) is 0. The molecule has 1 saturated carbocycles. The van der Waals surface area contributed by atoms with Crippen molar-refractivity contribution in [3.8, 4) is 11.1 Å². The highest BCUT2D eigenvalue weighted by Gasteiger charge is 2.32. The van der Waals surface area contributed by atoms with E-state index in [0.29, 0.717) is 34.7 Å². The summed E-state index contributed by atoms with van der Waals surface area (Å²) in [5.74, 6) is -2.12. The van der Waals surface area contributed by atoms with Crippen LogP contribution in [0.2, 0.25) is 0 Å². The van der Waals surface area contributed by atoms with Crippen LogP contribution in [0, 0.1) is 5.82 Å². The summed E-state index contributed by atoms with van der Waals surface area (Å²) in [5.41, 5.74) is -0.646. The molecule has 1 fully saturated rings. The van der Waals surface area contributed by atoms with Crippen LogP contribution in [-0.2, 0) is 6.18 Å². The minimum atomic E-state index is -4.81. The Bertz CT molecular complexity index is 1450. The topological polar surface area (TPSA) is 79.8 Å². The SMILES string of the molecule is O=C(Nc1cc(-c2cnn(C3CC3)c2)cc2c(=O)[nH]ccc12)c1cc(F)cc(C(F)(F)F)c1. The average Bonchev–Trinajstić information content (AvgIpc) is 3.49. The zero-order chi connectivity index (χ0) is 23.3. The number of amides is 1. The third-order valence-corrected chi connectivity index (χ3v) is 5.48. The Hall–Kier alpha value is -3.95. The van der Waals surface area contributed by atoms with Crippen LogP contribution in [0.25, 0.3) is 21.9 Å². The highest BCUT2D eigenvalue weighted by Crippen LogP contribution is 2.36. The van der Waals surface area contributed by atoms with E-state index in [2.05, 4.69) is 15.4 Å². The predicted octanol–water partition coefficient (Wildman–Crippen LogP) is 5.14. The van der Waals surface area contributed by atoms with Crippen LogP contribution < -0.4 is 10.9 Å². The Kier molecular flexibility index (Phi) is 4.80. The van der Waals surface area contributed by atoms with Crippen molar-refractivity contribution in [2.75, 3.05) is 5.32 Å². The zero-order valence-corrected chi connectivity index (χ0v) is 16.9. The van der Waals surface area contributed by atoms with Crippen LogP contribution in [0.15, 0.2) is 59.8 Å². The fourth-order valence-electron chi connectivity index (χ4n) is 3.67. The van der Waals surface area contributed by atoms with Crippen LogP contribution in [0.3, 0.4) is 0 Å². The summed E-state index contributed by atoms with van der Waals surface area (Å²) in [4.78, 5) is 27.8. The fraction of sp³-hybridized carbons (Fsp3) is 0.174. The van der Waals surface area contributed by atoms with Gasteiger partial charge in [0.25, 0.3) is 11.5 Å². The number of fused-ring (bicyclic) bond motifs is 1. The highest BCUT2D eigenvalue weighted by molar-refractivity contribution is 6.10. The maximum absolute atomic E-state index is 13.8. The Morgan fingerprint density at radius 2 is 1.88 bits per heavy atom. The molecule has 2 aromatic heterocycles. The first-order chi connectivity index (χ1) is 15.7. The lowest BCUT2D eigenvalue weighted by Crippen LogP contribution is -2.16. The summed E-state index contributed by atoms with van der Waals surface area (Å²) in [7, 11) is 0. The lowest BCUT2D eigenvalue weighted by molar-refractivity contribution is -0.137. The Balaban J connectivity index is 1.57. The van der Waals surface area contributed by atoms with E-state index in [1.54, 1.807) is 24.4 Å². The molecule has 6 nitrogen and oxygen atoms in total. The second-order valence-corrected chi connectivity index (χ2v) is 7.91. The van der Waals surface area contributed by atoms with Crippen molar-refractivity contribution in [3.63, 3.8) is 0 Å². The maximum Gasteiger partial charge on any atom is 0.416 e. The average molecular weight is 456 g/mol. The monoisotopic (exact) mass is 456 g/mol. The number of hydrogen-bond acceptors (Lipinski definition) is 3. The first kappa shape index (κ1) is 20.9. The maximum atomic E-state index is 13.8. The number of carbonyl (C=O) groups is 1. The number of hydrogen-bond donors (Lipinski definition) is 2. The molecule has 2 N–H and O–H groups in total. The molecule has 0 aliphatic heterocycles. The Morgan fingerprint density at radius 3 is 2.61 bits per heavy atom. The molecule has 1 aliphatic carbocycles. The number of anilines is 1. The van der Waals surface area contributed by atoms with Crippen LogP contribution in [0.1, 0.15) is 34.8 Å². The summed E-state index contributed by atoms with van der Waals surface area (Å²) in [5, 5.41) is 7.53. The van der Waals surface area contributed by atoms with Gasteiger partial charge in [-0.05, 0) is 54.8 Å². The molecule has 33 heavy (non-hydrogen) atoms. The third kappa shape index (κ3) is 4.11. The molecule has 4 aromatic rings. The molecule has 0 unspecified atom stereocenters. The number of rotatable bonds is 4. The van der Waals surface area contributed by atoms with Crippen molar-refractivity contribution in [2.45, 2.75) is 25.1 Å². The smallest absolute Gasteiger partial charge is 0.329 e. The largest absolute Gasteiger partial charge is 0.416 e. The highest BCUT2D eigenvalue weighted by atomic mass is 19.4. The van der Waals surface area contributed by atoms with Gasteiger partial charge in [0.2, 0.25) is 0 Å². The first-order valence-corrected chi connectivity index (χ1v) is 10.1. The van der Waals surface area contributed by atoms with Crippen molar-refractivity contribution in [1.82, 2.24) is 14.8 Å². The standard InChI is InChI=1S/C23H16F4N4O2/c24-16-6-13(5-15(9-16)23(25,26)27)21(32)30-20-8-12(7-19-18(20)3-4-28-22(19)33)14-10-29-31(11-14)17-1-2-17/h3-11,17H,1-2H2,(H,28,33)(H,30,32). The lowest BCUT2D eigenvalue weighted by Gasteiger charge is -2.13. The molecule has 168 valence electrons. The lowest BCUT2D eigenvalue weighted by atomic mass is 10.0. The van der Waals surface area contributed by atoms with Gasteiger partial charge in [0.1, 0.15) is 5.82 Å². The van der Waals surface area contributed by atoms with Gasteiger partial charge in [-0.3, -0.25) is 14.3 Å². The van der Waals surface area contributed by atoms with Gasteiger partial charge in [-0.1, -0.05) is 0 Å². The number of nitrogens with zero attached hydrogens (tertiary/aromatic N) is 2. The molecular weight excluding hydrogens is 440 g/mol. The van der Waals surface area contributed by atoms with E-state index < -0.39 is 34.6 Å². The van der Waals surface area contributed by atoms with Gasteiger partial charge in [0.05, 0.1) is 17.8 Å². The van der Waals surface area contributed by atoms with Gasteiger partial charge >= 0.3 is 6.18 Å². The summed E-state index contributed by atoms with van der Waals surface area (Å²) >= 11 is 0. The van der Waals surface area contributed by atoms with Crippen LogP contribution in [0.4, 0.5) is 23.2 Å². The second kappa shape index (κ2) is 7.58. The van der Waals surface area contributed by atoms with Crippen LogP contribution in [0.5, 0.6) is 0 Å². The fourth-order valence-corrected chi connectivity index (χ4v) is 3.67. The minimum Gasteiger partial charge on any atom is -0.329 e. The molecule has 2 heterocycles. The van der Waals surface area contributed by atoms with Gasteiger partial charge in [0, 0.05) is 40.0 Å². The van der Waals surface area contributed by atoms with Crippen molar-refractivity contribution < 1.29 is 22.4 Å². The van der Waals surface area contributed by atoms with E-state index in [1.165, 1.54) is 6.20 Å². The predicted molar refractivity (Wildman–Crippen MR) is 113 cm³/mol. The number of carbonyl (C=O) groups excluding carboxylic acids is 1. The molecule has 1 aliphatic rings. The van der Waals surface area contributed by atoms with Crippen molar-refractivity contribution in [2.24, 2.45) is 0 Å². The molecule has 1 amide bonds. The molecule has 10 heteroatoms. The van der Waals surface area contributed by atoms with Crippen LogP contribution in [-0.4, -0.2) is 20.7 Å². The van der Waals surface area contributed by atoms with Crippen molar-refractivity contribution in [1.29, 1.82) is 0 Å². The van der Waals surface area contributed by atoms with E-state index in [1.807, 2.05) is 10.9 Å². The van der Waals surface area contributed by atoms with Gasteiger partial charge < -0.3 is 10.3 Å². The number of H-pyrrole nitrogens is 1. The number of aromatic nitrogens is 3. The molecule has 0 spiro atoms. The molecule has 5 rings (SSSR count). The molecule has 0 bridgehead atoms.